The Hall–Kier alpha value is -2.14. The normalized spacial score (nSPS) is 10.4. The van der Waals surface area contributed by atoms with Crippen LogP contribution >= 0.6 is 11.3 Å². The molecule has 1 aromatic heterocycles. The van der Waals surface area contributed by atoms with Crippen molar-refractivity contribution in [3.63, 3.8) is 0 Å². The molecule has 0 aliphatic heterocycles. The highest BCUT2D eigenvalue weighted by atomic mass is 32.1. The Morgan fingerprint density at radius 1 is 1.19 bits per heavy atom. The number of rotatable bonds is 5. The van der Waals surface area contributed by atoms with Gasteiger partial charge in [0, 0.05) is 12.1 Å². The summed E-state index contributed by atoms with van der Waals surface area (Å²) in [7, 11) is 0. The van der Waals surface area contributed by atoms with Gasteiger partial charge in [-0.3, -0.25) is 9.59 Å². The van der Waals surface area contributed by atoms with Gasteiger partial charge in [0.1, 0.15) is 6.54 Å². The van der Waals surface area contributed by atoms with E-state index in [0.29, 0.717) is 11.4 Å². The number of carboxylic acids is 1. The number of carbonyl (C=O) groups is 2. The van der Waals surface area contributed by atoms with Crippen molar-refractivity contribution < 1.29 is 14.7 Å². The molecule has 0 aliphatic carbocycles. The van der Waals surface area contributed by atoms with E-state index in [1.54, 1.807) is 6.92 Å². The minimum Gasteiger partial charge on any atom is -0.480 e. The molecule has 2 rings (SSSR count). The minimum absolute atomic E-state index is 0.231. The van der Waals surface area contributed by atoms with Crippen molar-refractivity contribution in [2.24, 2.45) is 0 Å². The summed E-state index contributed by atoms with van der Waals surface area (Å²) in [5, 5.41) is 10.7. The molecule has 1 amide bonds. The van der Waals surface area contributed by atoms with E-state index in [-0.39, 0.29) is 12.5 Å². The average Bonchev–Trinajstić information content (AvgIpc) is 2.94. The summed E-state index contributed by atoms with van der Waals surface area (Å²) in [6.45, 7) is 3.88. The molecule has 1 heterocycles. The van der Waals surface area contributed by atoms with Crippen LogP contribution in [-0.2, 0) is 4.79 Å². The number of hydrogen-bond acceptors (Lipinski definition) is 3. The fourth-order valence-corrected chi connectivity index (χ4v) is 2.95. The molecule has 0 fully saturated rings. The first-order valence-electron chi connectivity index (χ1n) is 6.68. The lowest BCUT2D eigenvalue weighted by Gasteiger charge is -2.18. The summed E-state index contributed by atoms with van der Waals surface area (Å²) in [4.78, 5) is 25.3. The van der Waals surface area contributed by atoms with Crippen molar-refractivity contribution in [1.82, 2.24) is 4.90 Å². The number of aliphatic carboxylic acids is 1. The second-order valence-corrected chi connectivity index (χ2v) is 5.66. The Bertz CT molecular complexity index is 646. The summed E-state index contributed by atoms with van der Waals surface area (Å²) in [5.41, 5.74) is 2.98. The van der Waals surface area contributed by atoms with Crippen LogP contribution in [0.25, 0.3) is 11.1 Å². The third kappa shape index (κ3) is 3.49. The number of thiophene rings is 1. The Labute approximate surface area is 127 Å². The number of aryl methyl sites for hydroxylation is 1. The number of benzene rings is 1. The molecule has 110 valence electrons. The number of hydrogen-bond donors (Lipinski definition) is 1. The van der Waals surface area contributed by atoms with Crippen molar-refractivity contribution in [1.29, 1.82) is 0 Å². The molecule has 0 unspecified atom stereocenters. The molecule has 5 heteroatoms. The average molecular weight is 303 g/mol. The summed E-state index contributed by atoms with van der Waals surface area (Å²) < 4.78 is 0. The van der Waals surface area contributed by atoms with Crippen molar-refractivity contribution >= 4 is 23.2 Å². The SMILES string of the molecule is CCN(CC(=O)O)C(=O)c1sccc1-c1ccc(C)cc1. The molecule has 0 radical (unpaired) electrons. The molecule has 0 atom stereocenters. The Kier molecular flexibility index (Phi) is 4.75. The van der Waals surface area contributed by atoms with Crippen molar-refractivity contribution in [3.05, 3.63) is 46.2 Å². The Morgan fingerprint density at radius 2 is 1.86 bits per heavy atom. The lowest BCUT2D eigenvalue weighted by atomic mass is 10.0. The topological polar surface area (TPSA) is 57.6 Å². The molecule has 2 aromatic rings. The highest BCUT2D eigenvalue weighted by Gasteiger charge is 2.21. The van der Waals surface area contributed by atoms with Gasteiger partial charge >= 0.3 is 5.97 Å². The van der Waals surface area contributed by atoms with Gasteiger partial charge in [-0.25, -0.2) is 0 Å². The maximum absolute atomic E-state index is 12.5. The summed E-state index contributed by atoms with van der Waals surface area (Å²) in [5.74, 6) is -1.23. The second-order valence-electron chi connectivity index (χ2n) is 4.74. The van der Waals surface area contributed by atoms with Gasteiger partial charge in [0.05, 0.1) is 4.88 Å². The minimum atomic E-state index is -1.00. The van der Waals surface area contributed by atoms with Crippen molar-refractivity contribution in [3.8, 4) is 11.1 Å². The van der Waals surface area contributed by atoms with Crippen molar-refractivity contribution in [2.45, 2.75) is 13.8 Å². The van der Waals surface area contributed by atoms with Crippen LogP contribution in [-0.4, -0.2) is 35.0 Å². The number of carbonyl (C=O) groups excluding carboxylic acids is 1. The lowest BCUT2D eigenvalue weighted by Crippen LogP contribution is -2.35. The van der Waals surface area contributed by atoms with Crippen molar-refractivity contribution in [2.75, 3.05) is 13.1 Å². The monoisotopic (exact) mass is 303 g/mol. The molecule has 4 nitrogen and oxygen atoms in total. The summed E-state index contributed by atoms with van der Waals surface area (Å²) >= 11 is 1.34. The molecule has 1 N–H and O–H groups in total. The number of carboxylic acid groups (broad SMARTS) is 1. The van der Waals surface area contributed by atoms with E-state index in [9.17, 15) is 9.59 Å². The van der Waals surface area contributed by atoms with E-state index < -0.39 is 5.97 Å². The van der Waals surface area contributed by atoms with Crippen LogP contribution in [0.3, 0.4) is 0 Å². The molecule has 0 saturated heterocycles. The molecule has 0 bridgehead atoms. The predicted octanol–water partition coefficient (Wildman–Crippen LogP) is 3.27. The van der Waals surface area contributed by atoms with Gasteiger partial charge in [0.15, 0.2) is 0 Å². The smallest absolute Gasteiger partial charge is 0.323 e. The van der Waals surface area contributed by atoms with E-state index in [1.165, 1.54) is 16.2 Å². The van der Waals surface area contributed by atoms with Gasteiger partial charge in [-0.05, 0) is 30.9 Å². The molecule has 0 saturated carbocycles. The maximum Gasteiger partial charge on any atom is 0.323 e. The first kappa shape index (κ1) is 15.3. The van der Waals surface area contributed by atoms with Gasteiger partial charge in [-0.15, -0.1) is 11.3 Å². The molecule has 0 spiro atoms. The number of likely N-dealkylation sites (N-methyl/N-ethyl adjacent to an activating group) is 1. The van der Waals surface area contributed by atoms with Crippen LogP contribution in [0.5, 0.6) is 0 Å². The molecule has 0 aliphatic rings. The molecule has 21 heavy (non-hydrogen) atoms. The van der Waals surface area contributed by atoms with E-state index in [1.807, 2.05) is 42.6 Å². The molecule has 1 aromatic carbocycles. The van der Waals surface area contributed by atoms with Gasteiger partial charge in [-0.1, -0.05) is 29.8 Å². The third-order valence-corrected chi connectivity index (χ3v) is 4.12. The summed E-state index contributed by atoms with van der Waals surface area (Å²) in [6.07, 6.45) is 0. The van der Waals surface area contributed by atoms with Crippen LogP contribution < -0.4 is 0 Å². The molecular weight excluding hydrogens is 286 g/mol. The third-order valence-electron chi connectivity index (χ3n) is 3.22. The lowest BCUT2D eigenvalue weighted by molar-refractivity contribution is -0.137. The maximum atomic E-state index is 12.5. The fourth-order valence-electron chi connectivity index (χ4n) is 2.07. The highest BCUT2D eigenvalue weighted by molar-refractivity contribution is 7.12. The van der Waals surface area contributed by atoms with Crippen LogP contribution in [0.2, 0.25) is 0 Å². The zero-order valence-electron chi connectivity index (χ0n) is 12.0. The van der Waals surface area contributed by atoms with Crippen LogP contribution in [0.1, 0.15) is 22.2 Å². The quantitative estimate of drug-likeness (QED) is 0.922. The Balaban J connectivity index is 2.33. The zero-order chi connectivity index (χ0) is 15.4. The zero-order valence-corrected chi connectivity index (χ0v) is 12.8. The fraction of sp³-hybridized carbons (Fsp3) is 0.250. The van der Waals surface area contributed by atoms with Gasteiger partial charge < -0.3 is 10.0 Å². The predicted molar refractivity (Wildman–Crippen MR) is 83.7 cm³/mol. The standard InChI is InChI=1S/C16H17NO3S/c1-3-17(10-14(18)19)16(20)15-13(8-9-21-15)12-6-4-11(2)5-7-12/h4-9H,3,10H2,1-2H3,(H,18,19). The van der Waals surface area contributed by atoms with Crippen LogP contribution in [0.15, 0.2) is 35.7 Å². The van der Waals surface area contributed by atoms with Gasteiger partial charge in [0.25, 0.3) is 5.91 Å². The number of nitrogens with zero attached hydrogens (tertiary/aromatic N) is 1. The first-order valence-corrected chi connectivity index (χ1v) is 7.56. The summed E-state index contributed by atoms with van der Waals surface area (Å²) in [6, 6.07) is 9.84. The van der Waals surface area contributed by atoms with Crippen LogP contribution in [0, 0.1) is 6.92 Å². The van der Waals surface area contributed by atoms with E-state index in [2.05, 4.69) is 0 Å². The van der Waals surface area contributed by atoms with Gasteiger partial charge in [-0.2, -0.15) is 0 Å². The van der Waals surface area contributed by atoms with Gasteiger partial charge in [0.2, 0.25) is 0 Å². The largest absolute Gasteiger partial charge is 0.480 e. The first-order chi connectivity index (χ1) is 10.0. The Morgan fingerprint density at radius 3 is 2.43 bits per heavy atom. The number of amides is 1. The van der Waals surface area contributed by atoms with Crippen LogP contribution in [0.4, 0.5) is 0 Å². The van der Waals surface area contributed by atoms with E-state index in [4.69, 9.17) is 5.11 Å². The highest BCUT2D eigenvalue weighted by Crippen LogP contribution is 2.29. The molecular formula is C16H17NO3S. The van der Waals surface area contributed by atoms with E-state index >= 15 is 0 Å². The van der Waals surface area contributed by atoms with E-state index in [0.717, 1.165) is 16.7 Å². The second kappa shape index (κ2) is 6.54.